The average Bonchev–Trinajstić information content (AvgIpc) is 2.86. The molecule has 106 valence electrons. The SMILES string of the molecule is Cc1cc(C)c2nccc(NC(=O)c3ccc(Br)o3)c2c1. The maximum absolute atomic E-state index is 12.2. The van der Waals surface area contributed by atoms with Crippen molar-refractivity contribution in [3.05, 3.63) is 58.1 Å². The molecule has 0 aliphatic carbocycles. The van der Waals surface area contributed by atoms with Crippen LogP contribution in [0.4, 0.5) is 5.69 Å². The number of carbonyl (C=O) groups is 1. The van der Waals surface area contributed by atoms with Gasteiger partial charge in [-0.1, -0.05) is 11.6 Å². The van der Waals surface area contributed by atoms with Crippen LogP contribution < -0.4 is 5.32 Å². The van der Waals surface area contributed by atoms with Crippen LogP contribution in [0.15, 0.2) is 45.6 Å². The molecule has 0 spiro atoms. The van der Waals surface area contributed by atoms with Crippen molar-refractivity contribution in [1.29, 1.82) is 0 Å². The molecule has 0 saturated carbocycles. The Morgan fingerprint density at radius 2 is 2.05 bits per heavy atom. The summed E-state index contributed by atoms with van der Waals surface area (Å²) in [5.41, 5.74) is 3.83. The third-order valence-corrected chi connectivity index (χ3v) is 3.65. The molecule has 0 saturated heterocycles. The number of pyridine rings is 1. The number of rotatable bonds is 2. The molecule has 2 heterocycles. The zero-order chi connectivity index (χ0) is 15.0. The number of hydrogen-bond donors (Lipinski definition) is 1. The average molecular weight is 345 g/mol. The number of benzene rings is 1. The first-order valence-electron chi connectivity index (χ1n) is 6.47. The molecule has 21 heavy (non-hydrogen) atoms. The van der Waals surface area contributed by atoms with Gasteiger partial charge in [-0.05, 0) is 59.6 Å². The number of furan rings is 1. The van der Waals surface area contributed by atoms with Crippen LogP contribution in [-0.2, 0) is 0 Å². The summed E-state index contributed by atoms with van der Waals surface area (Å²) in [6.45, 7) is 4.03. The van der Waals surface area contributed by atoms with E-state index in [1.807, 2.05) is 19.9 Å². The number of aryl methyl sites for hydroxylation is 2. The van der Waals surface area contributed by atoms with Crippen LogP contribution in [0, 0.1) is 13.8 Å². The summed E-state index contributed by atoms with van der Waals surface area (Å²) in [7, 11) is 0. The van der Waals surface area contributed by atoms with Crippen LogP contribution in [0.25, 0.3) is 10.9 Å². The van der Waals surface area contributed by atoms with Crippen LogP contribution in [0.2, 0.25) is 0 Å². The highest BCUT2D eigenvalue weighted by Crippen LogP contribution is 2.26. The molecule has 0 aliphatic heterocycles. The maximum Gasteiger partial charge on any atom is 0.291 e. The number of nitrogens with zero attached hydrogens (tertiary/aromatic N) is 1. The first-order valence-corrected chi connectivity index (χ1v) is 7.26. The molecule has 5 heteroatoms. The van der Waals surface area contributed by atoms with E-state index in [0.717, 1.165) is 27.7 Å². The van der Waals surface area contributed by atoms with E-state index in [1.165, 1.54) is 0 Å². The number of hydrogen-bond acceptors (Lipinski definition) is 3. The van der Waals surface area contributed by atoms with E-state index >= 15 is 0 Å². The van der Waals surface area contributed by atoms with Crippen LogP contribution in [-0.4, -0.2) is 10.9 Å². The Morgan fingerprint density at radius 3 is 2.76 bits per heavy atom. The summed E-state index contributed by atoms with van der Waals surface area (Å²) >= 11 is 3.19. The van der Waals surface area contributed by atoms with Crippen molar-refractivity contribution >= 4 is 38.4 Å². The highest BCUT2D eigenvalue weighted by molar-refractivity contribution is 9.10. The third kappa shape index (κ3) is 2.69. The van der Waals surface area contributed by atoms with Gasteiger partial charge < -0.3 is 9.73 Å². The molecule has 1 N–H and O–H groups in total. The molecule has 3 rings (SSSR count). The van der Waals surface area contributed by atoms with E-state index in [0.29, 0.717) is 4.67 Å². The number of aromatic nitrogens is 1. The summed E-state index contributed by atoms with van der Waals surface area (Å²) in [6, 6.07) is 9.19. The van der Waals surface area contributed by atoms with E-state index in [4.69, 9.17) is 4.42 Å². The van der Waals surface area contributed by atoms with Gasteiger partial charge >= 0.3 is 0 Å². The zero-order valence-corrected chi connectivity index (χ0v) is 13.2. The lowest BCUT2D eigenvalue weighted by atomic mass is 10.1. The Hall–Kier alpha value is -2.14. The van der Waals surface area contributed by atoms with E-state index < -0.39 is 0 Å². The molecule has 2 aromatic heterocycles. The number of halogens is 1. The lowest BCUT2D eigenvalue weighted by molar-refractivity contribution is 0.0995. The molecule has 0 unspecified atom stereocenters. The van der Waals surface area contributed by atoms with Crippen molar-refractivity contribution in [3.8, 4) is 0 Å². The Labute approximate surface area is 130 Å². The van der Waals surface area contributed by atoms with E-state index in [2.05, 4.69) is 32.3 Å². The van der Waals surface area contributed by atoms with Gasteiger partial charge in [-0.3, -0.25) is 9.78 Å². The topological polar surface area (TPSA) is 55.1 Å². The molecule has 0 bridgehead atoms. The highest BCUT2D eigenvalue weighted by atomic mass is 79.9. The van der Waals surface area contributed by atoms with Crippen molar-refractivity contribution in [2.75, 3.05) is 5.32 Å². The Balaban J connectivity index is 2.03. The molecular formula is C16H13BrN2O2. The van der Waals surface area contributed by atoms with Gasteiger partial charge in [0.25, 0.3) is 5.91 Å². The predicted molar refractivity (Wildman–Crippen MR) is 85.6 cm³/mol. The van der Waals surface area contributed by atoms with Crippen LogP contribution in [0.5, 0.6) is 0 Å². The highest BCUT2D eigenvalue weighted by Gasteiger charge is 2.13. The molecule has 1 amide bonds. The molecule has 1 aromatic carbocycles. The minimum Gasteiger partial charge on any atom is -0.444 e. The molecule has 0 radical (unpaired) electrons. The van der Waals surface area contributed by atoms with Gasteiger partial charge in [0.15, 0.2) is 10.4 Å². The molecule has 4 nitrogen and oxygen atoms in total. The second-order valence-corrected chi connectivity index (χ2v) is 5.68. The van der Waals surface area contributed by atoms with Gasteiger partial charge in [0, 0.05) is 11.6 Å². The maximum atomic E-state index is 12.2. The van der Waals surface area contributed by atoms with Crippen LogP contribution in [0.1, 0.15) is 21.7 Å². The third-order valence-electron chi connectivity index (χ3n) is 3.23. The Bertz CT molecular complexity index is 839. The zero-order valence-electron chi connectivity index (χ0n) is 11.6. The van der Waals surface area contributed by atoms with Crippen molar-refractivity contribution in [3.63, 3.8) is 0 Å². The van der Waals surface area contributed by atoms with Gasteiger partial charge in [0.05, 0.1) is 11.2 Å². The van der Waals surface area contributed by atoms with Gasteiger partial charge in [-0.25, -0.2) is 0 Å². The fourth-order valence-corrected chi connectivity index (χ4v) is 2.65. The molecule has 0 atom stereocenters. The van der Waals surface area contributed by atoms with Gasteiger partial charge in [0.1, 0.15) is 0 Å². The summed E-state index contributed by atoms with van der Waals surface area (Å²) in [4.78, 5) is 16.6. The van der Waals surface area contributed by atoms with E-state index in [9.17, 15) is 4.79 Å². The van der Waals surface area contributed by atoms with Gasteiger partial charge in [-0.2, -0.15) is 0 Å². The summed E-state index contributed by atoms with van der Waals surface area (Å²) in [5, 5.41) is 3.80. The molecular weight excluding hydrogens is 332 g/mol. The van der Waals surface area contributed by atoms with E-state index in [-0.39, 0.29) is 11.7 Å². The standard InChI is InChI=1S/C16H13BrN2O2/c1-9-7-10(2)15-11(8-9)12(5-6-18-15)19-16(20)13-3-4-14(17)21-13/h3-8H,1-2H3,(H,18,19,20). The van der Waals surface area contributed by atoms with Gasteiger partial charge in [-0.15, -0.1) is 0 Å². The van der Waals surface area contributed by atoms with Crippen molar-refractivity contribution in [2.45, 2.75) is 13.8 Å². The van der Waals surface area contributed by atoms with Crippen molar-refractivity contribution in [1.82, 2.24) is 4.98 Å². The van der Waals surface area contributed by atoms with Crippen LogP contribution in [0.3, 0.4) is 0 Å². The second kappa shape index (κ2) is 5.33. The lowest BCUT2D eigenvalue weighted by Gasteiger charge is -2.09. The number of fused-ring (bicyclic) bond motifs is 1. The first kappa shape index (κ1) is 13.8. The summed E-state index contributed by atoms with van der Waals surface area (Å²) < 4.78 is 5.79. The summed E-state index contributed by atoms with van der Waals surface area (Å²) in [5.74, 6) is -0.0245. The quantitative estimate of drug-likeness (QED) is 0.746. The molecule has 0 fully saturated rings. The Morgan fingerprint density at radius 1 is 1.24 bits per heavy atom. The van der Waals surface area contributed by atoms with Crippen molar-refractivity contribution < 1.29 is 9.21 Å². The van der Waals surface area contributed by atoms with Gasteiger partial charge in [0.2, 0.25) is 0 Å². The van der Waals surface area contributed by atoms with Crippen LogP contribution >= 0.6 is 15.9 Å². The fourth-order valence-electron chi connectivity index (χ4n) is 2.34. The van der Waals surface area contributed by atoms with Crippen molar-refractivity contribution in [2.24, 2.45) is 0 Å². The predicted octanol–water partition coefficient (Wildman–Crippen LogP) is 4.46. The molecule has 3 aromatic rings. The minimum atomic E-state index is -0.285. The normalized spacial score (nSPS) is 10.8. The number of amides is 1. The largest absolute Gasteiger partial charge is 0.444 e. The monoisotopic (exact) mass is 344 g/mol. The number of anilines is 1. The first-order chi connectivity index (χ1) is 10.0. The Kier molecular flexibility index (Phi) is 3.51. The smallest absolute Gasteiger partial charge is 0.291 e. The summed E-state index contributed by atoms with van der Waals surface area (Å²) in [6.07, 6.45) is 1.69. The molecule has 0 aliphatic rings. The number of carbonyl (C=O) groups excluding carboxylic acids is 1. The second-order valence-electron chi connectivity index (χ2n) is 4.89. The minimum absolute atomic E-state index is 0.260. The lowest BCUT2D eigenvalue weighted by Crippen LogP contribution is -2.11. The fraction of sp³-hybridized carbons (Fsp3) is 0.125. The van der Waals surface area contributed by atoms with E-state index in [1.54, 1.807) is 24.4 Å². The number of nitrogens with one attached hydrogen (secondary N) is 1.